The van der Waals surface area contributed by atoms with Gasteiger partial charge in [-0.3, -0.25) is 9.59 Å². The molecule has 2 aromatic carbocycles. The predicted molar refractivity (Wildman–Crippen MR) is 107 cm³/mol. The van der Waals surface area contributed by atoms with E-state index in [4.69, 9.17) is 0 Å². The summed E-state index contributed by atoms with van der Waals surface area (Å²) in [5, 5.41) is 3.96. The van der Waals surface area contributed by atoms with Gasteiger partial charge in [-0.2, -0.15) is 0 Å². The lowest BCUT2D eigenvalue weighted by Crippen LogP contribution is -2.41. The number of fused-ring (bicyclic) bond motifs is 1. The van der Waals surface area contributed by atoms with Crippen molar-refractivity contribution in [1.82, 2.24) is 15.2 Å². The third-order valence-corrected chi connectivity index (χ3v) is 4.75. The standard InChI is InChI=1S/C22H24FN3O2/c1-16(27)26(13-11-18-14-25-21-5-3-2-4-20(18)21)15-22(28)24-12-10-17-6-8-19(23)9-7-17/h2-9,14,25H,10-13,15H2,1H3,(H,24,28). The first-order valence-corrected chi connectivity index (χ1v) is 9.34. The Morgan fingerprint density at radius 1 is 1.07 bits per heavy atom. The molecule has 146 valence electrons. The lowest BCUT2D eigenvalue weighted by atomic mass is 10.1. The van der Waals surface area contributed by atoms with Gasteiger partial charge in [0.15, 0.2) is 0 Å². The summed E-state index contributed by atoms with van der Waals surface area (Å²) in [6.07, 6.45) is 3.24. The van der Waals surface area contributed by atoms with Gasteiger partial charge in [0.05, 0.1) is 6.54 Å². The Labute approximate surface area is 163 Å². The third-order valence-electron chi connectivity index (χ3n) is 4.75. The number of para-hydroxylation sites is 1. The molecule has 0 unspecified atom stereocenters. The smallest absolute Gasteiger partial charge is 0.239 e. The molecule has 0 radical (unpaired) electrons. The summed E-state index contributed by atoms with van der Waals surface area (Å²) in [6, 6.07) is 14.2. The molecule has 0 bridgehead atoms. The van der Waals surface area contributed by atoms with Crippen LogP contribution in [0.3, 0.4) is 0 Å². The number of H-pyrrole nitrogens is 1. The van der Waals surface area contributed by atoms with Crippen molar-refractivity contribution in [2.75, 3.05) is 19.6 Å². The van der Waals surface area contributed by atoms with E-state index in [1.165, 1.54) is 19.1 Å². The first-order chi connectivity index (χ1) is 13.5. The highest BCUT2D eigenvalue weighted by Gasteiger charge is 2.14. The zero-order valence-corrected chi connectivity index (χ0v) is 15.9. The zero-order valence-electron chi connectivity index (χ0n) is 15.9. The van der Waals surface area contributed by atoms with Crippen molar-refractivity contribution in [1.29, 1.82) is 0 Å². The van der Waals surface area contributed by atoms with E-state index in [1.54, 1.807) is 17.0 Å². The molecule has 2 amide bonds. The quantitative estimate of drug-likeness (QED) is 0.630. The van der Waals surface area contributed by atoms with Crippen LogP contribution in [0.1, 0.15) is 18.1 Å². The summed E-state index contributed by atoms with van der Waals surface area (Å²) < 4.78 is 12.9. The number of nitrogens with one attached hydrogen (secondary N) is 2. The maximum atomic E-state index is 12.9. The minimum atomic E-state index is -0.278. The maximum Gasteiger partial charge on any atom is 0.239 e. The van der Waals surface area contributed by atoms with Crippen LogP contribution in [0.2, 0.25) is 0 Å². The maximum absolute atomic E-state index is 12.9. The number of amides is 2. The summed E-state index contributed by atoms with van der Waals surface area (Å²) in [4.78, 5) is 28.9. The number of rotatable bonds is 8. The summed E-state index contributed by atoms with van der Waals surface area (Å²) in [5.41, 5.74) is 3.13. The molecule has 1 aromatic heterocycles. The van der Waals surface area contributed by atoms with Gasteiger partial charge in [0.25, 0.3) is 0 Å². The molecule has 0 saturated carbocycles. The lowest BCUT2D eigenvalue weighted by molar-refractivity contribution is -0.134. The summed E-state index contributed by atoms with van der Waals surface area (Å²) in [6.45, 7) is 2.42. The second kappa shape index (κ2) is 9.17. The highest BCUT2D eigenvalue weighted by molar-refractivity contribution is 5.84. The number of hydrogen-bond donors (Lipinski definition) is 2. The van der Waals surface area contributed by atoms with Crippen molar-refractivity contribution >= 4 is 22.7 Å². The highest BCUT2D eigenvalue weighted by Crippen LogP contribution is 2.18. The molecule has 0 aliphatic heterocycles. The minimum absolute atomic E-state index is 0.0289. The molecule has 0 aliphatic carbocycles. The Morgan fingerprint density at radius 2 is 1.82 bits per heavy atom. The van der Waals surface area contributed by atoms with Gasteiger partial charge >= 0.3 is 0 Å². The number of carbonyl (C=O) groups is 2. The number of aromatic amines is 1. The first kappa shape index (κ1) is 19.6. The van der Waals surface area contributed by atoms with Crippen molar-refractivity contribution < 1.29 is 14.0 Å². The van der Waals surface area contributed by atoms with Crippen molar-refractivity contribution in [3.8, 4) is 0 Å². The number of halogens is 1. The molecule has 28 heavy (non-hydrogen) atoms. The number of carbonyl (C=O) groups excluding carboxylic acids is 2. The Kier molecular flexibility index (Phi) is 6.42. The van der Waals surface area contributed by atoms with Crippen molar-refractivity contribution in [2.45, 2.75) is 19.8 Å². The molecular formula is C22H24FN3O2. The van der Waals surface area contributed by atoms with E-state index in [2.05, 4.69) is 10.3 Å². The second-order valence-electron chi connectivity index (χ2n) is 6.78. The molecule has 3 aromatic rings. The molecule has 2 N–H and O–H groups in total. The molecule has 0 fully saturated rings. The average Bonchev–Trinajstić information content (AvgIpc) is 3.09. The van der Waals surface area contributed by atoms with Crippen LogP contribution >= 0.6 is 0 Å². The van der Waals surface area contributed by atoms with Crippen LogP contribution in [-0.4, -0.2) is 41.3 Å². The summed E-state index contributed by atoms with van der Waals surface area (Å²) >= 11 is 0. The van der Waals surface area contributed by atoms with Gasteiger partial charge in [-0.15, -0.1) is 0 Å². The van der Waals surface area contributed by atoms with Crippen LogP contribution in [0.25, 0.3) is 10.9 Å². The normalized spacial score (nSPS) is 10.8. The molecule has 0 spiro atoms. The largest absolute Gasteiger partial charge is 0.361 e. The average molecular weight is 381 g/mol. The van der Waals surface area contributed by atoms with Gasteiger partial charge in [0.1, 0.15) is 5.82 Å². The summed E-state index contributed by atoms with van der Waals surface area (Å²) in [5.74, 6) is -0.607. The van der Waals surface area contributed by atoms with Gasteiger partial charge in [-0.25, -0.2) is 4.39 Å². The SMILES string of the molecule is CC(=O)N(CCc1c[nH]c2ccccc12)CC(=O)NCCc1ccc(F)cc1. The highest BCUT2D eigenvalue weighted by atomic mass is 19.1. The van der Waals surface area contributed by atoms with E-state index in [1.807, 2.05) is 30.5 Å². The molecule has 0 saturated heterocycles. The number of hydrogen-bond acceptors (Lipinski definition) is 2. The van der Waals surface area contributed by atoms with Crippen LogP contribution in [0.5, 0.6) is 0 Å². The number of benzene rings is 2. The van der Waals surface area contributed by atoms with Gasteiger partial charge < -0.3 is 15.2 Å². The predicted octanol–water partition coefficient (Wildman–Crippen LogP) is 3.06. The summed E-state index contributed by atoms with van der Waals surface area (Å²) in [7, 11) is 0. The minimum Gasteiger partial charge on any atom is -0.361 e. The number of aromatic nitrogens is 1. The Balaban J connectivity index is 1.49. The van der Waals surface area contributed by atoms with Gasteiger partial charge in [-0.05, 0) is 42.2 Å². The first-order valence-electron chi connectivity index (χ1n) is 9.34. The Bertz CT molecular complexity index is 950. The third kappa shape index (κ3) is 5.19. The molecule has 0 atom stereocenters. The fraction of sp³-hybridized carbons (Fsp3) is 0.273. The fourth-order valence-corrected chi connectivity index (χ4v) is 3.17. The zero-order chi connectivity index (χ0) is 19.9. The van der Waals surface area contributed by atoms with Crippen LogP contribution in [0, 0.1) is 5.82 Å². The molecular weight excluding hydrogens is 357 g/mol. The van der Waals surface area contributed by atoms with Crippen LogP contribution in [-0.2, 0) is 22.4 Å². The van der Waals surface area contributed by atoms with Crippen LogP contribution in [0.15, 0.2) is 54.7 Å². The second-order valence-corrected chi connectivity index (χ2v) is 6.78. The fourth-order valence-electron chi connectivity index (χ4n) is 3.17. The van der Waals surface area contributed by atoms with E-state index < -0.39 is 0 Å². The Hall–Kier alpha value is -3.15. The molecule has 3 rings (SSSR count). The van der Waals surface area contributed by atoms with E-state index in [-0.39, 0.29) is 24.2 Å². The van der Waals surface area contributed by atoms with E-state index in [0.717, 1.165) is 22.0 Å². The molecule has 1 heterocycles. The molecule has 0 aliphatic rings. The van der Waals surface area contributed by atoms with Gasteiger partial charge in [-0.1, -0.05) is 30.3 Å². The number of nitrogens with zero attached hydrogens (tertiary/aromatic N) is 1. The Morgan fingerprint density at radius 3 is 2.57 bits per heavy atom. The topological polar surface area (TPSA) is 65.2 Å². The molecule has 5 nitrogen and oxygen atoms in total. The van der Waals surface area contributed by atoms with Crippen LogP contribution in [0.4, 0.5) is 4.39 Å². The van der Waals surface area contributed by atoms with Crippen molar-refractivity contribution in [2.24, 2.45) is 0 Å². The van der Waals surface area contributed by atoms with Crippen molar-refractivity contribution in [3.05, 3.63) is 71.7 Å². The van der Waals surface area contributed by atoms with Crippen molar-refractivity contribution in [3.63, 3.8) is 0 Å². The van der Waals surface area contributed by atoms with Gasteiger partial charge in [0, 0.05) is 37.1 Å². The van der Waals surface area contributed by atoms with E-state index in [9.17, 15) is 14.0 Å². The molecule has 6 heteroatoms. The van der Waals surface area contributed by atoms with E-state index >= 15 is 0 Å². The lowest BCUT2D eigenvalue weighted by Gasteiger charge is -2.20. The monoisotopic (exact) mass is 381 g/mol. The van der Waals surface area contributed by atoms with Gasteiger partial charge in [0.2, 0.25) is 11.8 Å². The van der Waals surface area contributed by atoms with E-state index in [0.29, 0.717) is 25.9 Å². The van der Waals surface area contributed by atoms with Crippen LogP contribution < -0.4 is 5.32 Å².